The van der Waals surface area contributed by atoms with Crippen molar-refractivity contribution in [3.63, 3.8) is 0 Å². The third-order valence-electron chi connectivity index (χ3n) is 3.33. The molecule has 1 aromatic rings. The smallest absolute Gasteiger partial charge is 0.0445 e. The van der Waals surface area contributed by atoms with Crippen molar-refractivity contribution in [2.45, 2.75) is 39.3 Å². The van der Waals surface area contributed by atoms with Crippen LogP contribution in [0.3, 0.4) is 0 Å². The highest BCUT2D eigenvalue weighted by atomic mass is 15.2. The Kier molecular flexibility index (Phi) is 4.00. The van der Waals surface area contributed by atoms with E-state index in [0.29, 0.717) is 6.04 Å². The van der Waals surface area contributed by atoms with Crippen molar-refractivity contribution >= 4 is 5.69 Å². The molecule has 1 saturated carbocycles. The number of nitrogens with zero attached hydrogens (tertiary/aromatic N) is 2. The van der Waals surface area contributed by atoms with Gasteiger partial charge in [-0.15, -0.1) is 0 Å². The van der Waals surface area contributed by atoms with E-state index in [1.165, 1.54) is 30.6 Å². The molecule has 0 amide bonds. The Morgan fingerprint density at radius 2 is 2.24 bits per heavy atom. The zero-order valence-electron chi connectivity index (χ0n) is 11.1. The van der Waals surface area contributed by atoms with Crippen molar-refractivity contribution in [3.05, 3.63) is 24.0 Å². The predicted octanol–water partition coefficient (Wildman–Crippen LogP) is 2.43. The van der Waals surface area contributed by atoms with Crippen LogP contribution in [0.1, 0.15) is 32.3 Å². The van der Waals surface area contributed by atoms with Gasteiger partial charge in [0.05, 0.1) is 0 Å². The fraction of sp³-hybridized carbons (Fsp3) is 0.643. The third-order valence-corrected chi connectivity index (χ3v) is 3.33. The lowest BCUT2D eigenvalue weighted by Crippen LogP contribution is -2.34. The zero-order valence-corrected chi connectivity index (χ0v) is 11.1. The molecule has 0 radical (unpaired) electrons. The number of nitrogens with one attached hydrogen (secondary N) is 1. The van der Waals surface area contributed by atoms with Crippen LogP contribution in [0.25, 0.3) is 0 Å². The van der Waals surface area contributed by atoms with Gasteiger partial charge in [-0.05, 0) is 45.7 Å². The molecule has 0 saturated heterocycles. The molecule has 1 aromatic heterocycles. The fourth-order valence-electron chi connectivity index (χ4n) is 2.19. The second kappa shape index (κ2) is 5.50. The van der Waals surface area contributed by atoms with Crippen LogP contribution in [0.15, 0.2) is 18.5 Å². The van der Waals surface area contributed by atoms with Crippen LogP contribution in [0.2, 0.25) is 0 Å². The van der Waals surface area contributed by atoms with Gasteiger partial charge in [0.15, 0.2) is 0 Å². The van der Waals surface area contributed by atoms with Gasteiger partial charge in [0, 0.05) is 42.8 Å². The molecule has 1 N–H and O–H groups in total. The summed E-state index contributed by atoms with van der Waals surface area (Å²) in [4.78, 5) is 6.75. The molecule has 94 valence electrons. The number of hydrogen-bond donors (Lipinski definition) is 1. The van der Waals surface area contributed by atoms with Crippen molar-refractivity contribution in [2.24, 2.45) is 5.92 Å². The monoisotopic (exact) mass is 233 g/mol. The molecule has 17 heavy (non-hydrogen) atoms. The maximum atomic E-state index is 4.23. The molecular weight excluding hydrogens is 210 g/mol. The first-order valence-electron chi connectivity index (χ1n) is 6.56. The van der Waals surface area contributed by atoms with Gasteiger partial charge in [-0.1, -0.05) is 0 Å². The van der Waals surface area contributed by atoms with Gasteiger partial charge in [-0.25, -0.2) is 0 Å². The van der Waals surface area contributed by atoms with Crippen LogP contribution in [0, 0.1) is 5.92 Å². The second-order valence-electron chi connectivity index (χ2n) is 5.22. The Morgan fingerprint density at radius 1 is 1.47 bits per heavy atom. The van der Waals surface area contributed by atoms with Gasteiger partial charge >= 0.3 is 0 Å². The molecule has 3 heteroatoms. The third kappa shape index (κ3) is 3.19. The first-order valence-corrected chi connectivity index (χ1v) is 6.56. The van der Waals surface area contributed by atoms with Gasteiger partial charge in [-0.2, -0.15) is 0 Å². The topological polar surface area (TPSA) is 28.2 Å². The molecule has 0 unspecified atom stereocenters. The van der Waals surface area contributed by atoms with Gasteiger partial charge in [0.1, 0.15) is 0 Å². The van der Waals surface area contributed by atoms with E-state index < -0.39 is 0 Å². The van der Waals surface area contributed by atoms with E-state index in [-0.39, 0.29) is 0 Å². The molecule has 1 fully saturated rings. The van der Waals surface area contributed by atoms with E-state index in [0.717, 1.165) is 12.5 Å². The van der Waals surface area contributed by atoms with Gasteiger partial charge < -0.3 is 10.2 Å². The summed E-state index contributed by atoms with van der Waals surface area (Å²) in [5.41, 5.74) is 2.64. The van der Waals surface area contributed by atoms with E-state index in [1.54, 1.807) is 0 Å². The molecule has 2 rings (SSSR count). The van der Waals surface area contributed by atoms with Crippen LogP contribution < -0.4 is 10.2 Å². The predicted molar refractivity (Wildman–Crippen MR) is 72.2 cm³/mol. The molecule has 0 aromatic carbocycles. The summed E-state index contributed by atoms with van der Waals surface area (Å²) in [5, 5.41) is 3.22. The zero-order chi connectivity index (χ0) is 12.3. The standard InChI is InChI=1S/C14H23N3/c1-11(2)17(10-12-4-5-12)14-6-7-16-9-13(14)8-15-3/h6-7,9,11-12,15H,4-5,8,10H2,1-3H3. The highest BCUT2D eigenvalue weighted by Crippen LogP contribution is 2.33. The highest BCUT2D eigenvalue weighted by molar-refractivity contribution is 5.53. The van der Waals surface area contributed by atoms with Crippen molar-refractivity contribution in [2.75, 3.05) is 18.5 Å². The molecule has 1 aliphatic rings. The molecule has 3 nitrogen and oxygen atoms in total. The Labute approximate surface area is 104 Å². The molecule has 0 atom stereocenters. The molecule has 0 bridgehead atoms. The summed E-state index contributed by atoms with van der Waals surface area (Å²) < 4.78 is 0. The lowest BCUT2D eigenvalue weighted by atomic mass is 10.1. The van der Waals surface area contributed by atoms with Crippen LogP contribution >= 0.6 is 0 Å². The lowest BCUT2D eigenvalue weighted by Gasteiger charge is -2.31. The van der Waals surface area contributed by atoms with E-state index >= 15 is 0 Å². The van der Waals surface area contributed by atoms with Crippen molar-refractivity contribution < 1.29 is 0 Å². The normalized spacial score (nSPS) is 15.3. The molecule has 0 spiro atoms. The first kappa shape index (κ1) is 12.4. The minimum absolute atomic E-state index is 0.550. The van der Waals surface area contributed by atoms with Crippen LogP contribution in [0.4, 0.5) is 5.69 Å². The fourth-order valence-corrected chi connectivity index (χ4v) is 2.19. The van der Waals surface area contributed by atoms with Gasteiger partial charge in [0.2, 0.25) is 0 Å². The summed E-state index contributed by atoms with van der Waals surface area (Å²) in [6.45, 7) is 6.62. The first-order chi connectivity index (χ1) is 8.22. The SMILES string of the molecule is CNCc1cnccc1N(CC1CC1)C(C)C. The quantitative estimate of drug-likeness (QED) is 0.818. The van der Waals surface area contributed by atoms with Crippen molar-refractivity contribution in [1.82, 2.24) is 10.3 Å². The summed E-state index contributed by atoms with van der Waals surface area (Å²) in [6.07, 6.45) is 6.68. The highest BCUT2D eigenvalue weighted by Gasteiger charge is 2.26. The minimum atomic E-state index is 0.550. The Hall–Kier alpha value is -1.09. The summed E-state index contributed by atoms with van der Waals surface area (Å²) >= 11 is 0. The number of rotatable bonds is 6. The summed E-state index contributed by atoms with van der Waals surface area (Å²) in [5.74, 6) is 0.910. The molecule has 0 aliphatic heterocycles. The van der Waals surface area contributed by atoms with Crippen LogP contribution in [-0.4, -0.2) is 24.6 Å². The number of anilines is 1. The van der Waals surface area contributed by atoms with Crippen LogP contribution in [-0.2, 0) is 6.54 Å². The number of hydrogen-bond acceptors (Lipinski definition) is 3. The van der Waals surface area contributed by atoms with Gasteiger partial charge in [0.25, 0.3) is 0 Å². The average Bonchev–Trinajstić information content (AvgIpc) is 3.11. The minimum Gasteiger partial charge on any atom is -0.368 e. The number of pyridine rings is 1. The Morgan fingerprint density at radius 3 is 2.82 bits per heavy atom. The molecule has 1 aliphatic carbocycles. The van der Waals surface area contributed by atoms with Crippen molar-refractivity contribution in [1.29, 1.82) is 0 Å². The van der Waals surface area contributed by atoms with Crippen molar-refractivity contribution in [3.8, 4) is 0 Å². The average molecular weight is 233 g/mol. The lowest BCUT2D eigenvalue weighted by molar-refractivity contribution is 0.638. The summed E-state index contributed by atoms with van der Waals surface area (Å²) in [6, 6.07) is 2.70. The van der Waals surface area contributed by atoms with E-state index in [1.807, 2.05) is 19.4 Å². The Balaban J connectivity index is 2.20. The second-order valence-corrected chi connectivity index (χ2v) is 5.22. The van der Waals surface area contributed by atoms with E-state index in [9.17, 15) is 0 Å². The number of aromatic nitrogens is 1. The molecule has 1 heterocycles. The van der Waals surface area contributed by atoms with E-state index in [2.05, 4.69) is 35.1 Å². The summed E-state index contributed by atoms with van der Waals surface area (Å²) in [7, 11) is 1.98. The largest absolute Gasteiger partial charge is 0.368 e. The van der Waals surface area contributed by atoms with Crippen LogP contribution in [0.5, 0.6) is 0 Å². The van der Waals surface area contributed by atoms with Gasteiger partial charge in [-0.3, -0.25) is 4.98 Å². The maximum Gasteiger partial charge on any atom is 0.0445 e. The maximum absolute atomic E-state index is 4.23. The Bertz CT molecular complexity index is 358. The molecular formula is C14H23N3. The van der Waals surface area contributed by atoms with E-state index in [4.69, 9.17) is 0 Å².